The second kappa shape index (κ2) is 7.63. The summed E-state index contributed by atoms with van der Waals surface area (Å²) in [6, 6.07) is 8.89. The molecule has 1 unspecified atom stereocenters. The predicted molar refractivity (Wildman–Crippen MR) is 92.4 cm³/mol. The van der Waals surface area contributed by atoms with Crippen molar-refractivity contribution in [2.45, 2.75) is 31.7 Å². The van der Waals surface area contributed by atoms with E-state index in [1.54, 1.807) is 0 Å². The van der Waals surface area contributed by atoms with Crippen LogP contribution in [0.3, 0.4) is 0 Å². The summed E-state index contributed by atoms with van der Waals surface area (Å²) >= 11 is 0. The first-order chi connectivity index (χ1) is 10.5. The lowest BCUT2D eigenvalue weighted by atomic mass is 10.1. The van der Waals surface area contributed by atoms with E-state index in [0.717, 1.165) is 31.5 Å². The van der Waals surface area contributed by atoms with Gasteiger partial charge in [-0.25, -0.2) is 0 Å². The molecule has 0 N–H and O–H groups in total. The normalized spacial score (nSPS) is 19.1. The van der Waals surface area contributed by atoms with E-state index in [-0.39, 0.29) is 5.91 Å². The first-order valence-corrected chi connectivity index (χ1v) is 8.18. The molecule has 0 bridgehead atoms. The third-order valence-electron chi connectivity index (χ3n) is 4.59. The summed E-state index contributed by atoms with van der Waals surface area (Å²) in [6.07, 6.45) is 3.89. The van der Waals surface area contributed by atoms with E-state index < -0.39 is 0 Å². The molecule has 0 saturated carbocycles. The van der Waals surface area contributed by atoms with Crippen LogP contribution in [-0.2, 0) is 11.2 Å². The number of benzene rings is 1. The van der Waals surface area contributed by atoms with Gasteiger partial charge in [0, 0.05) is 38.9 Å². The van der Waals surface area contributed by atoms with E-state index in [1.165, 1.54) is 12.1 Å². The summed E-state index contributed by atoms with van der Waals surface area (Å²) in [4.78, 5) is 18.9. The summed E-state index contributed by atoms with van der Waals surface area (Å²) in [5.74, 6) is 0.261. The molecule has 1 amide bonds. The minimum atomic E-state index is 0.261. The molecule has 2 rings (SSSR count). The molecule has 1 aliphatic rings. The lowest BCUT2D eigenvalue weighted by Crippen LogP contribution is -2.34. The van der Waals surface area contributed by atoms with Gasteiger partial charge < -0.3 is 14.7 Å². The lowest BCUT2D eigenvalue weighted by Gasteiger charge is -2.23. The summed E-state index contributed by atoms with van der Waals surface area (Å²) in [7, 11) is 8.32. The molecule has 1 atom stereocenters. The molecular formula is C18H29N3O. The van der Waals surface area contributed by atoms with Gasteiger partial charge in [-0.1, -0.05) is 12.1 Å². The molecule has 4 heteroatoms. The minimum Gasteiger partial charge on any atom is -0.378 e. The van der Waals surface area contributed by atoms with Crippen molar-refractivity contribution in [2.75, 3.05) is 46.2 Å². The molecule has 1 aromatic carbocycles. The lowest BCUT2D eigenvalue weighted by molar-refractivity contribution is -0.130. The van der Waals surface area contributed by atoms with Gasteiger partial charge in [-0.2, -0.15) is 0 Å². The average Bonchev–Trinajstić information content (AvgIpc) is 2.73. The van der Waals surface area contributed by atoms with E-state index >= 15 is 0 Å². The molecule has 1 aliphatic heterocycles. The number of hydrogen-bond acceptors (Lipinski definition) is 3. The number of carbonyl (C=O) groups excluding carboxylic acids is 1. The Hall–Kier alpha value is -1.55. The number of hydrogen-bond donors (Lipinski definition) is 0. The second-order valence-electron chi connectivity index (χ2n) is 6.67. The summed E-state index contributed by atoms with van der Waals surface area (Å²) in [6.45, 7) is 1.79. The van der Waals surface area contributed by atoms with Crippen LogP contribution in [0.5, 0.6) is 0 Å². The Balaban J connectivity index is 1.91. The Morgan fingerprint density at radius 2 is 1.77 bits per heavy atom. The SMILES string of the molecule is CN(C)c1ccc(CC(=O)N2CCCC(N(C)C)CC2)cc1. The quantitative estimate of drug-likeness (QED) is 0.853. The number of anilines is 1. The third kappa shape index (κ3) is 4.47. The van der Waals surface area contributed by atoms with Crippen LogP contribution in [0.25, 0.3) is 0 Å². The first-order valence-electron chi connectivity index (χ1n) is 8.18. The van der Waals surface area contributed by atoms with E-state index in [0.29, 0.717) is 12.5 Å². The monoisotopic (exact) mass is 303 g/mol. The van der Waals surface area contributed by atoms with Crippen molar-refractivity contribution in [3.63, 3.8) is 0 Å². The predicted octanol–water partition coefficient (Wildman–Crippen LogP) is 2.24. The number of amides is 1. The molecule has 1 heterocycles. The van der Waals surface area contributed by atoms with Crippen LogP contribution in [0, 0.1) is 0 Å². The Kier molecular flexibility index (Phi) is 5.83. The molecule has 1 saturated heterocycles. The Morgan fingerprint density at radius 3 is 2.36 bits per heavy atom. The zero-order valence-corrected chi connectivity index (χ0v) is 14.4. The molecule has 1 aromatic rings. The standard InChI is InChI=1S/C18H29N3O/c1-19(2)16-6-5-12-21(13-11-16)18(22)14-15-7-9-17(10-8-15)20(3)4/h7-10,16H,5-6,11-14H2,1-4H3. The first kappa shape index (κ1) is 16.8. The van der Waals surface area contributed by atoms with Crippen molar-refractivity contribution in [3.05, 3.63) is 29.8 Å². The molecule has 1 fully saturated rings. The van der Waals surface area contributed by atoms with Crippen LogP contribution in [0.15, 0.2) is 24.3 Å². The minimum absolute atomic E-state index is 0.261. The highest BCUT2D eigenvalue weighted by Gasteiger charge is 2.21. The Morgan fingerprint density at radius 1 is 1.09 bits per heavy atom. The van der Waals surface area contributed by atoms with Gasteiger partial charge in [0.1, 0.15) is 0 Å². The van der Waals surface area contributed by atoms with E-state index in [1.807, 2.05) is 19.0 Å². The van der Waals surface area contributed by atoms with Gasteiger partial charge in [0.2, 0.25) is 5.91 Å². The van der Waals surface area contributed by atoms with Crippen molar-refractivity contribution in [1.29, 1.82) is 0 Å². The summed E-state index contributed by atoms with van der Waals surface area (Å²) < 4.78 is 0. The van der Waals surface area contributed by atoms with Crippen LogP contribution < -0.4 is 4.90 Å². The Labute approximate surface area is 134 Å². The van der Waals surface area contributed by atoms with Crippen molar-refractivity contribution in [1.82, 2.24) is 9.80 Å². The number of nitrogens with zero attached hydrogens (tertiary/aromatic N) is 3. The maximum Gasteiger partial charge on any atom is 0.226 e. The van der Waals surface area contributed by atoms with Crippen LogP contribution in [0.1, 0.15) is 24.8 Å². The molecule has 0 radical (unpaired) electrons. The van der Waals surface area contributed by atoms with Crippen LogP contribution in [0.2, 0.25) is 0 Å². The highest BCUT2D eigenvalue weighted by atomic mass is 16.2. The van der Waals surface area contributed by atoms with Gasteiger partial charge in [-0.3, -0.25) is 4.79 Å². The zero-order valence-electron chi connectivity index (χ0n) is 14.4. The largest absolute Gasteiger partial charge is 0.378 e. The van der Waals surface area contributed by atoms with Crippen molar-refractivity contribution < 1.29 is 4.79 Å². The average molecular weight is 303 g/mol. The number of likely N-dealkylation sites (tertiary alicyclic amines) is 1. The van der Waals surface area contributed by atoms with Crippen molar-refractivity contribution in [3.8, 4) is 0 Å². The van der Waals surface area contributed by atoms with E-state index in [9.17, 15) is 4.79 Å². The Bertz CT molecular complexity index is 482. The molecule has 0 aromatic heterocycles. The highest BCUT2D eigenvalue weighted by molar-refractivity contribution is 5.79. The van der Waals surface area contributed by atoms with Gasteiger partial charge >= 0.3 is 0 Å². The molecular weight excluding hydrogens is 274 g/mol. The number of rotatable bonds is 4. The van der Waals surface area contributed by atoms with Gasteiger partial charge in [-0.05, 0) is 51.1 Å². The topological polar surface area (TPSA) is 26.8 Å². The highest BCUT2D eigenvalue weighted by Crippen LogP contribution is 2.17. The van der Waals surface area contributed by atoms with Crippen LogP contribution in [0.4, 0.5) is 5.69 Å². The maximum absolute atomic E-state index is 12.5. The third-order valence-corrected chi connectivity index (χ3v) is 4.59. The second-order valence-corrected chi connectivity index (χ2v) is 6.67. The molecule has 22 heavy (non-hydrogen) atoms. The van der Waals surface area contributed by atoms with Gasteiger partial charge in [-0.15, -0.1) is 0 Å². The summed E-state index contributed by atoms with van der Waals surface area (Å²) in [5, 5.41) is 0. The fourth-order valence-corrected chi connectivity index (χ4v) is 3.04. The van der Waals surface area contributed by atoms with E-state index in [4.69, 9.17) is 0 Å². The zero-order chi connectivity index (χ0) is 16.1. The van der Waals surface area contributed by atoms with Crippen LogP contribution in [-0.4, -0.2) is 63.0 Å². The van der Waals surface area contributed by atoms with Gasteiger partial charge in [0.05, 0.1) is 6.42 Å². The van der Waals surface area contributed by atoms with Gasteiger partial charge in [0.25, 0.3) is 0 Å². The van der Waals surface area contributed by atoms with Crippen LogP contribution >= 0.6 is 0 Å². The van der Waals surface area contributed by atoms with Crippen molar-refractivity contribution >= 4 is 11.6 Å². The molecule has 4 nitrogen and oxygen atoms in total. The van der Waals surface area contributed by atoms with Gasteiger partial charge in [0.15, 0.2) is 0 Å². The van der Waals surface area contributed by atoms with E-state index in [2.05, 4.69) is 48.2 Å². The molecule has 0 spiro atoms. The molecule has 0 aliphatic carbocycles. The van der Waals surface area contributed by atoms with Crippen molar-refractivity contribution in [2.24, 2.45) is 0 Å². The fourth-order valence-electron chi connectivity index (χ4n) is 3.04. The fraction of sp³-hybridized carbons (Fsp3) is 0.611. The molecule has 122 valence electrons. The number of carbonyl (C=O) groups is 1. The maximum atomic E-state index is 12.5. The summed E-state index contributed by atoms with van der Waals surface area (Å²) in [5.41, 5.74) is 2.27. The smallest absolute Gasteiger partial charge is 0.226 e.